The van der Waals surface area contributed by atoms with Gasteiger partial charge in [0, 0.05) is 61.4 Å². The number of hydrogen-bond acceptors (Lipinski definition) is 7. The highest BCUT2D eigenvalue weighted by molar-refractivity contribution is 5.97. The van der Waals surface area contributed by atoms with Crippen molar-refractivity contribution in [3.05, 3.63) is 89.5 Å². The lowest BCUT2D eigenvalue weighted by Gasteiger charge is -2.26. The van der Waals surface area contributed by atoms with Crippen molar-refractivity contribution in [1.29, 1.82) is 0 Å². The highest BCUT2D eigenvalue weighted by Gasteiger charge is 2.28. The summed E-state index contributed by atoms with van der Waals surface area (Å²) < 4.78 is 5.60. The Morgan fingerprint density at radius 1 is 0.789 bits per heavy atom. The van der Waals surface area contributed by atoms with Crippen LogP contribution in [0.5, 0.6) is 5.75 Å². The first kappa shape index (κ1) is 44.0. The summed E-state index contributed by atoms with van der Waals surface area (Å²) in [6, 6.07) is 21.1. The van der Waals surface area contributed by atoms with Crippen molar-refractivity contribution in [2.45, 2.75) is 99.1 Å². The number of nitrogens with zero attached hydrogens (tertiary/aromatic N) is 1. The molecule has 57 heavy (non-hydrogen) atoms. The van der Waals surface area contributed by atoms with Crippen LogP contribution in [0, 0.1) is 29.1 Å². The van der Waals surface area contributed by atoms with E-state index in [1.807, 2.05) is 62.4 Å². The third-order valence-electron chi connectivity index (χ3n) is 9.60. The number of carbonyl (C=O) groups is 6. The number of carbonyl (C=O) groups excluding carboxylic acids is 6. The van der Waals surface area contributed by atoms with Crippen molar-refractivity contribution >= 4 is 46.6 Å². The SMILES string of the molecule is CC(C)[C@H](NC(=O)CCCC(=O)NCCC(=O)N1Cc2ccccc2C#Cc2ccccc21)C(=O)C[C@@H](C)C(=O)Nc1ccc(OCC(=O)CCC(C)(C)C)cc1. The van der Waals surface area contributed by atoms with Gasteiger partial charge in [-0.1, -0.05) is 83.7 Å². The van der Waals surface area contributed by atoms with E-state index < -0.39 is 12.0 Å². The zero-order chi connectivity index (χ0) is 41.5. The van der Waals surface area contributed by atoms with E-state index in [0.29, 0.717) is 24.4 Å². The van der Waals surface area contributed by atoms with E-state index in [9.17, 15) is 28.8 Å². The minimum absolute atomic E-state index is 0.0175. The average Bonchev–Trinajstić information content (AvgIpc) is 3.16. The number of nitrogens with one attached hydrogen (secondary N) is 3. The van der Waals surface area contributed by atoms with Gasteiger partial charge >= 0.3 is 0 Å². The number of Topliss-reactive ketones (excluding diaryl/α,β-unsaturated/α-hetero) is 2. The van der Waals surface area contributed by atoms with Crippen molar-refractivity contribution in [3.63, 3.8) is 0 Å². The number of anilines is 2. The summed E-state index contributed by atoms with van der Waals surface area (Å²) in [5.41, 5.74) is 3.89. The van der Waals surface area contributed by atoms with Crippen LogP contribution in [-0.2, 0) is 35.3 Å². The zero-order valence-electron chi connectivity index (χ0n) is 34.0. The fourth-order valence-electron chi connectivity index (χ4n) is 6.19. The van der Waals surface area contributed by atoms with Crippen LogP contribution in [0.25, 0.3) is 0 Å². The quantitative estimate of drug-likeness (QED) is 0.114. The fraction of sp³-hybridized carbons (Fsp3) is 0.435. The lowest BCUT2D eigenvalue weighted by molar-refractivity contribution is -0.131. The van der Waals surface area contributed by atoms with Crippen LogP contribution in [-0.4, -0.2) is 54.4 Å². The minimum Gasteiger partial charge on any atom is -0.486 e. The van der Waals surface area contributed by atoms with Gasteiger partial charge in [0.25, 0.3) is 0 Å². The Kier molecular flexibility index (Phi) is 16.2. The van der Waals surface area contributed by atoms with Gasteiger partial charge < -0.3 is 25.6 Å². The molecule has 302 valence electrons. The Morgan fingerprint density at radius 3 is 2.14 bits per heavy atom. The third-order valence-corrected chi connectivity index (χ3v) is 9.60. The van der Waals surface area contributed by atoms with Crippen molar-refractivity contribution < 1.29 is 33.5 Å². The monoisotopic (exact) mass is 776 g/mol. The first-order valence-corrected chi connectivity index (χ1v) is 19.7. The highest BCUT2D eigenvalue weighted by Crippen LogP contribution is 2.26. The third kappa shape index (κ3) is 14.4. The number of benzene rings is 3. The maximum atomic E-state index is 13.4. The molecule has 0 aromatic heterocycles. The molecule has 2 atom stereocenters. The van der Waals surface area contributed by atoms with E-state index in [0.717, 1.165) is 28.8 Å². The van der Waals surface area contributed by atoms with E-state index in [-0.39, 0.29) is 91.8 Å². The van der Waals surface area contributed by atoms with Crippen molar-refractivity contribution in [2.24, 2.45) is 17.3 Å². The molecule has 4 amide bonds. The van der Waals surface area contributed by atoms with Gasteiger partial charge in [-0.3, -0.25) is 28.8 Å². The summed E-state index contributed by atoms with van der Waals surface area (Å²) >= 11 is 0. The largest absolute Gasteiger partial charge is 0.486 e. The van der Waals surface area contributed by atoms with E-state index in [1.54, 1.807) is 36.1 Å². The van der Waals surface area contributed by atoms with Crippen LogP contribution < -0.4 is 25.6 Å². The number of ether oxygens (including phenoxy) is 1. The Bertz CT molecular complexity index is 1970. The summed E-state index contributed by atoms with van der Waals surface area (Å²) in [7, 11) is 0. The average molecular weight is 777 g/mol. The van der Waals surface area contributed by atoms with Crippen LogP contribution in [0.1, 0.15) is 103 Å². The molecule has 0 fully saturated rings. The number of rotatable bonds is 19. The summed E-state index contributed by atoms with van der Waals surface area (Å²) in [6.45, 7) is 12.0. The number of amides is 4. The molecule has 0 radical (unpaired) electrons. The van der Waals surface area contributed by atoms with E-state index >= 15 is 0 Å². The molecule has 0 spiro atoms. The van der Waals surface area contributed by atoms with Gasteiger partial charge in [-0.2, -0.15) is 0 Å². The Hall–Kier alpha value is -5.76. The molecule has 1 aliphatic heterocycles. The van der Waals surface area contributed by atoms with Gasteiger partial charge in [0.1, 0.15) is 12.4 Å². The first-order valence-electron chi connectivity index (χ1n) is 19.7. The van der Waals surface area contributed by atoms with Crippen molar-refractivity contribution in [1.82, 2.24) is 10.6 Å². The molecule has 11 nitrogen and oxygen atoms in total. The molecule has 11 heteroatoms. The predicted octanol–water partition coefficient (Wildman–Crippen LogP) is 6.76. The lowest BCUT2D eigenvalue weighted by Crippen LogP contribution is -2.45. The smallest absolute Gasteiger partial charge is 0.229 e. The molecule has 3 aromatic carbocycles. The van der Waals surface area contributed by atoms with Crippen LogP contribution in [0.3, 0.4) is 0 Å². The van der Waals surface area contributed by atoms with Crippen molar-refractivity contribution in [3.8, 4) is 17.6 Å². The summed E-state index contributed by atoms with van der Waals surface area (Å²) in [5, 5.41) is 8.39. The number of fused-ring (bicyclic) bond motifs is 2. The van der Waals surface area contributed by atoms with Gasteiger partial charge in [-0.15, -0.1) is 0 Å². The molecule has 1 heterocycles. The second-order valence-corrected chi connectivity index (χ2v) is 16.1. The lowest BCUT2D eigenvalue weighted by atomic mass is 9.90. The van der Waals surface area contributed by atoms with Crippen LogP contribution in [0.4, 0.5) is 11.4 Å². The number of ketones is 2. The molecule has 4 rings (SSSR count). The normalized spacial score (nSPS) is 13.0. The van der Waals surface area contributed by atoms with Gasteiger partial charge in [0.05, 0.1) is 18.3 Å². The summed E-state index contributed by atoms with van der Waals surface area (Å²) in [4.78, 5) is 78.9. The van der Waals surface area contributed by atoms with Gasteiger partial charge in [0.15, 0.2) is 11.6 Å². The van der Waals surface area contributed by atoms with Crippen LogP contribution in [0.2, 0.25) is 0 Å². The Balaban J connectivity index is 1.16. The maximum absolute atomic E-state index is 13.4. The maximum Gasteiger partial charge on any atom is 0.229 e. The van der Waals surface area contributed by atoms with Gasteiger partial charge in [-0.25, -0.2) is 0 Å². The predicted molar refractivity (Wildman–Crippen MR) is 221 cm³/mol. The summed E-state index contributed by atoms with van der Waals surface area (Å²) in [5.74, 6) is 4.65. The van der Waals surface area contributed by atoms with E-state index in [2.05, 4.69) is 48.6 Å². The topological polar surface area (TPSA) is 151 Å². The zero-order valence-corrected chi connectivity index (χ0v) is 34.0. The molecular weight excluding hydrogens is 721 g/mol. The standard InChI is InChI=1S/C46H56N4O7/c1-31(2)44(40(52)28-32(3)45(56)48-36-20-22-38(23-21-36)57-30-37(51)24-26-46(4,5)6)49-42(54)17-11-16-41(53)47-27-25-43(55)50-29-35-14-8-7-12-33(35)18-19-34-13-9-10-15-39(34)50/h7-10,12-15,20-23,31-32,44H,11,16-17,24-30H2,1-6H3,(H,47,53)(H,48,56)(H,49,54)/t32-,44+/m1/s1. The highest BCUT2D eigenvalue weighted by atomic mass is 16.5. The van der Waals surface area contributed by atoms with E-state index in [4.69, 9.17) is 4.74 Å². The van der Waals surface area contributed by atoms with Gasteiger partial charge in [0.2, 0.25) is 23.6 Å². The number of hydrogen-bond donors (Lipinski definition) is 3. The van der Waals surface area contributed by atoms with Crippen LogP contribution in [0.15, 0.2) is 72.8 Å². The number of para-hydroxylation sites is 1. The molecule has 0 saturated heterocycles. The summed E-state index contributed by atoms with van der Waals surface area (Å²) in [6.07, 6.45) is 1.62. The second kappa shape index (κ2) is 21.0. The first-order chi connectivity index (χ1) is 27.1. The molecule has 3 aromatic rings. The molecule has 1 aliphatic rings. The molecule has 0 aliphatic carbocycles. The molecular formula is C46H56N4O7. The minimum atomic E-state index is -0.790. The molecule has 0 unspecified atom stereocenters. The molecule has 0 bridgehead atoms. The molecule has 0 saturated carbocycles. The Morgan fingerprint density at radius 2 is 1.44 bits per heavy atom. The van der Waals surface area contributed by atoms with Crippen LogP contribution >= 0.6 is 0 Å². The second-order valence-electron chi connectivity index (χ2n) is 16.1. The molecule has 3 N–H and O–H groups in total. The van der Waals surface area contributed by atoms with E-state index in [1.165, 1.54) is 0 Å². The fourth-order valence-corrected chi connectivity index (χ4v) is 6.19. The van der Waals surface area contributed by atoms with Crippen molar-refractivity contribution in [2.75, 3.05) is 23.4 Å². The Labute approximate surface area is 336 Å². The van der Waals surface area contributed by atoms with Gasteiger partial charge in [-0.05, 0) is 72.2 Å².